The second kappa shape index (κ2) is 6.01. The van der Waals surface area contributed by atoms with E-state index in [1.54, 1.807) is 0 Å². The van der Waals surface area contributed by atoms with Gasteiger partial charge in [-0.25, -0.2) is 8.42 Å². The summed E-state index contributed by atoms with van der Waals surface area (Å²) in [5, 5.41) is -0.411. The van der Waals surface area contributed by atoms with E-state index < -0.39 is 21.2 Å². The highest BCUT2D eigenvalue weighted by atomic mass is 32.2. The van der Waals surface area contributed by atoms with Gasteiger partial charge in [-0.1, -0.05) is 30.7 Å². The zero-order valence-corrected chi connectivity index (χ0v) is 13.4. The molecule has 0 unspecified atom stereocenters. The first-order chi connectivity index (χ1) is 10.1. The van der Waals surface area contributed by atoms with Crippen LogP contribution in [-0.4, -0.2) is 25.8 Å². The van der Waals surface area contributed by atoms with Gasteiger partial charge in [-0.05, 0) is 42.1 Å². The molecule has 0 bridgehead atoms. The van der Waals surface area contributed by atoms with Gasteiger partial charge in [0.05, 0.1) is 5.75 Å². The van der Waals surface area contributed by atoms with Crippen molar-refractivity contribution in [2.24, 2.45) is 5.92 Å². The van der Waals surface area contributed by atoms with Gasteiger partial charge in [0.2, 0.25) is 10.0 Å². The third-order valence-electron chi connectivity index (χ3n) is 4.17. The van der Waals surface area contributed by atoms with Crippen LogP contribution in [0.3, 0.4) is 0 Å². The summed E-state index contributed by atoms with van der Waals surface area (Å²) in [6, 6.07) is 7.79. The first-order valence-electron chi connectivity index (χ1n) is 7.29. The van der Waals surface area contributed by atoms with Crippen LogP contribution in [0.2, 0.25) is 0 Å². The highest BCUT2D eigenvalue weighted by Gasteiger charge is 2.31. The van der Waals surface area contributed by atoms with E-state index in [4.69, 9.17) is 0 Å². The number of carbonyl (C=O) groups excluding carboxylic acids is 1. The molecule has 0 aromatic heterocycles. The summed E-state index contributed by atoms with van der Waals surface area (Å²) in [4.78, 5) is 12.4. The van der Waals surface area contributed by atoms with Crippen LogP contribution in [0.25, 0.3) is 0 Å². The Labute approximate surface area is 129 Å². The zero-order chi connectivity index (χ0) is 14.9. The average molecular weight is 325 g/mol. The van der Waals surface area contributed by atoms with E-state index in [0.717, 1.165) is 42.6 Å². The molecule has 0 radical (unpaired) electrons. The van der Waals surface area contributed by atoms with E-state index in [9.17, 15) is 13.2 Å². The minimum absolute atomic E-state index is 0.0811. The molecule has 0 saturated heterocycles. The van der Waals surface area contributed by atoms with E-state index in [-0.39, 0.29) is 11.7 Å². The van der Waals surface area contributed by atoms with Gasteiger partial charge in [-0.3, -0.25) is 9.52 Å². The number of benzene rings is 1. The lowest BCUT2D eigenvalue weighted by molar-refractivity contribution is -0.118. The summed E-state index contributed by atoms with van der Waals surface area (Å²) in [6.07, 6.45) is 3.94. The van der Waals surface area contributed by atoms with Gasteiger partial charge < -0.3 is 0 Å². The molecule has 3 rings (SSSR count). The maximum Gasteiger partial charge on any atom is 0.251 e. The smallest absolute Gasteiger partial charge is 0.251 e. The van der Waals surface area contributed by atoms with Crippen LogP contribution in [0.4, 0.5) is 0 Å². The second-order valence-electron chi connectivity index (χ2n) is 5.74. The molecule has 6 heteroatoms. The highest BCUT2D eigenvalue weighted by Crippen LogP contribution is 2.37. The van der Waals surface area contributed by atoms with Crippen LogP contribution in [-0.2, 0) is 21.2 Å². The van der Waals surface area contributed by atoms with Crippen LogP contribution in [0.5, 0.6) is 0 Å². The standard InChI is InChI=1S/C15H19NO3S2/c17-15(16-21(18,19)10-11-4-3-5-11)14-13-7-2-1-6-12(13)8-9-20-14/h1-2,6-7,11,14H,3-5,8-10H2,(H,16,17)/t14-/m0/s1. The third kappa shape index (κ3) is 3.43. The van der Waals surface area contributed by atoms with Crippen LogP contribution in [0.1, 0.15) is 35.6 Å². The number of fused-ring (bicyclic) bond motifs is 1. The van der Waals surface area contributed by atoms with Gasteiger partial charge >= 0.3 is 0 Å². The van der Waals surface area contributed by atoms with Crippen LogP contribution < -0.4 is 4.72 Å². The lowest BCUT2D eigenvalue weighted by Crippen LogP contribution is -2.39. The Kier molecular flexibility index (Phi) is 4.26. The largest absolute Gasteiger partial charge is 0.272 e. The SMILES string of the molecule is O=C(NS(=O)(=O)CC1CCC1)[C@H]1SCCc2ccccc21. The van der Waals surface area contributed by atoms with E-state index in [0.29, 0.717) is 0 Å². The van der Waals surface area contributed by atoms with Crippen molar-refractivity contribution in [1.82, 2.24) is 4.72 Å². The minimum Gasteiger partial charge on any atom is -0.272 e. The topological polar surface area (TPSA) is 63.2 Å². The predicted molar refractivity (Wildman–Crippen MR) is 84.6 cm³/mol. The molecule has 1 atom stereocenters. The molecule has 0 spiro atoms. The molecular weight excluding hydrogens is 306 g/mol. The Morgan fingerprint density at radius 1 is 1.29 bits per heavy atom. The molecule has 114 valence electrons. The predicted octanol–water partition coefficient (Wildman–Crippen LogP) is 2.26. The Balaban J connectivity index is 1.71. The fourth-order valence-electron chi connectivity index (χ4n) is 2.83. The summed E-state index contributed by atoms with van der Waals surface area (Å²) in [7, 11) is -3.51. The maximum absolute atomic E-state index is 12.4. The summed E-state index contributed by atoms with van der Waals surface area (Å²) in [5.74, 6) is 0.753. The van der Waals surface area contributed by atoms with Crippen LogP contribution >= 0.6 is 11.8 Å². The van der Waals surface area contributed by atoms with E-state index >= 15 is 0 Å². The molecule has 21 heavy (non-hydrogen) atoms. The summed E-state index contributed by atoms with van der Waals surface area (Å²) in [5.41, 5.74) is 2.10. The van der Waals surface area contributed by atoms with Crippen molar-refractivity contribution in [3.63, 3.8) is 0 Å². The number of hydrogen-bond acceptors (Lipinski definition) is 4. The number of carbonyl (C=O) groups is 1. The van der Waals surface area contributed by atoms with Gasteiger partial charge in [0.15, 0.2) is 0 Å². The van der Waals surface area contributed by atoms with E-state index in [1.807, 2.05) is 24.3 Å². The van der Waals surface area contributed by atoms with Gasteiger partial charge in [-0.15, -0.1) is 11.8 Å². The summed E-state index contributed by atoms with van der Waals surface area (Å²) in [6.45, 7) is 0. The van der Waals surface area contributed by atoms with Crippen molar-refractivity contribution in [3.8, 4) is 0 Å². The molecule has 1 aromatic carbocycles. The number of sulfonamides is 1. The van der Waals surface area contributed by atoms with Gasteiger partial charge in [-0.2, -0.15) is 0 Å². The molecule has 2 aliphatic rings. The molecule has 1 aromatic rings. The molecule has 1 aliphatic heterocycles. The van der Waals surface area contributed by atoms with Crippen molar-refractivity contribution in [2.45, 2.75) is 30.9 Å². The van der Waals surface area contributed by atoms with Crippen LogP contribution in [0, 0.1) is 5.92 Å². The molecule has 1 heterocycles. The zero-order valence-electron chi connectivity index (χ0n) is 11.7. The third-order valence-corrected chi connectivity index (χ3v) is 6.83. The number of rotatable bonds is 4. The fourth-order valence-corrected chi connectivity index (χ4v) is 5.56. The Morgan fingerprint density at radius 2 is 2.05 bits per heavy atom. The Morgan fingerprint density at radius 3 is 2.76 bits per heavy atom. The van der Waals surface area contributed by atoms with Gasteiger partial charge in [0.25, 0.3) is 5.91 Å². The molecule has 1 amide bonds. The first-order valence-corrected chi connectivity index (χ1v) is 9.99. The Bertz CT molecular complexity index is 638. The molecule has 4 nitrogen and oxygen atoms in total. The second-order valence-corrected chi connectivity index (χ2v) is 8.72. The quantitative estimate of drug-likeness (QED) is 0.922. The number of thioether (sulfide) groups is 1. The van der Waals surface area contributed by atoms with Crippen LogP contribution in [0.15, 0.2) is 24.3 Å². The number of nitrogens with one attached hydrogen (secondary N) is 1. The fraction of sp³-hybridized carbons (Fsp3) is 0.533. The molecular formula is C15H19NO3S2. The summed E-state index contributed by atoms with van der Waals surface area (Å²) < 4.78 is 26.4. The molecule has 1 fully saturated rings. The minimum atomic E-state index is -3.51. The maximum atomic E-state index is 12.4. The molecule has 1 saturated carbocycles. The molecule has 1 N–H and O–H groups in total. The van der Waals surface area contributed by atoms with E-state index in [2.05, 4.69) is 4.72 Å². The number of amides is 1. The number of aryl methyl sites for hydroxylation is 1. The van der Waals surface area contributed by atoms with Crippen molar-refractivity contribution in [1.29, 1.82) is 0 Å². The average Bonchev–Trinajstić information content (AvgIpc) is 2.42. The van der Waals surface area contributed by atoms with E-state index in [1.165, 1.54) is 11.8 Å². The first kappa shape index (κ1) is 14.9. The number of hydrogen-bond donors (Lipinski definition) is 1. The van der Waals surface area contributed by atoms with Crippen molar-refractivity contribution >= 4 is 27.7 Å². The normalized spacial score (nSPS) is 22.2. The van der Waals surface area contributed by atoms with Gasteiger partial charge in [0, 0.05) is 0 Å². The lowest BCUT2D eigenvalue weighted by Gasteiger charge is -2.27. The monoisotopic (exact) mass is 325 g/mol. The lowest BCUT2D eigenvalue weighted by atomic mass is 9.87. The van der Waals surface area contributed by atoms with Crippen molar-refractivity contribution in [2.75, 3.05) is 11.5 Å². The Hall–Kier alpha value is -1.01. The van der Waals surface area contributed by atoms with Crippen molar-refractivity contribution in [3.05, 3.63) is 35.4 Å². The van der Waals surface area contributed by atoms with Gasteiger partial charge in [0.1, 0.15) is 5.25 Å². The van der Waals surface area contributed by atoms with Crippen molar-refractivity contribution < 1.29 is 13.2 Å². The summed E-state index contributed by atoms with van der Waals surface area (Å²) >= 11 is 1.52. The highest BCUT2D eigenvalue weighted by molar-refractivity contribution is 8.00. The molecule has 1 aliphatic carbocycles.